The number of thiocarbonyl (C=S) groups is 1. The lowest BCUT2D eigenvalue weighted by Gasteiger charge is -2.19. The largest absolute Gasteiger partial charge is 0.451 e. The molecule has 0 atom stereocenters. The normalized spacial score (nSPS) is 11.0. The second kappa shape index (κ2) is 11.0. The van der Waals surface area contributed by atoms with Crippen LogP contribution in [0.25, 0.3) is 11.3 Å². The van der Waals surface area contributed by atoms with Gasteiger partial charge in [-0.05, 0) is 89.9 Å². The topological polar surface area (TPSA) is 83.4 Å². The Hall–Kier alpha value is -3.94. The Morgan fingerprint density at radius 2 is 1.46 bits per heavy atom. The summed E-state index contributed by atoms with van der Waals surface area (Å²) in [4.78, 5) is 25.3. The molecular weight excluding hydrogens is 506 g/mol. The number of amides is 2. The standard InChI is InChI=1S/C29H26ClN3O3S/c1-29(2,3)20-11-7-19(8-12-20)26(34)31-22-5-4-6-23(17-22)32-28(37)33-27(35)25-16-15-24(36-25)18-9-13-21(30)14-10-18/h4-17H,1-3H3,(H,31,34)(H2,32,33,35,37). The Morgan fingerprint density at radius 1 is 0.811 bits per heavy atom. The summed E-state index contributed by atoms with van der Waals surface area (Å²) in [5, 5.41) is 9.15. The summed E-state index contributed by atoms with van der Waals surface area (Å²) < 4.78 is 5.66. The van der Waals surface area contributed by atoms with Gasteiger partial charge in [-0.3, -0.25) is 14.9 Å². The minimum Gasteiger partial charge on any atom is -0.451 e. The highest BCUT2D eigenvalue weighted by molar-refractivity contribution is 7.80. The number of anilines is 2. The average molecular weight is 532 g/mol. The van der Waals surface area contributed by atoms with Crippen LogP contribution in [0.5, 0.6) is 0 Å². The first-order valence-corrected chi connectivity index (χ1v) is 12.4. The van der Waals surface area contributed by atoms with E-state index in [9.17, 15) is 9.59 Å². The Morgan fingerprint density at radius 3 is 2.11 bits per heavy atom. The van der Waals surface area contributed by atoms with Gasteiger partial charge in [-0.2, -0.15) is 0 Å². The fourth-order valence-corrected chi connectivity index (χ4v) is 3.89. The maximum absolute atomic E-state index is 12.7. The minimum atomic E-state index is -0.485. The average Bonchev–Trinajstić information content (AvgIpc) is 3.35. The van der Waals surface area contributed by atoms with Crippen molar-refractivity contribution in [1.82, 2.24) is 5.32 Å². The molecule has 3 aromatic carbocycles. The zero-order valence-corrected chi connectivity index (χ0v) is 22.2. The number of hydrogen-bond acceptors (Lipinski definition) is 4. The molecule has 0 aliphatic rings. The van der Waals surface area contributed by atoms with Gasteiger partial charge in [0.1, 0.15) is 5.76 Å². The summed E-state index contributed by atoms with van der Waals surface area (Å²) in [6, 6.07) is 25.0. The molecule has 0 unspecified atom stereocenters. The summed E-state index contributed by atoms with van der Waals surface area (Å²) in [6.45, 7) is 6.38. The Balaban J connectivity index is 1.35. The molecule has 0 aliphatic carbocycles. The lowest BCUT2D eigenvalue weighted by molar-refractivity contribution is 0.0950. The molecule has 6 nitrogen and oxygen atoms in total. The van der Waals surface area contributed by atoms with E-state index < -0.39 is 5.91 Å². The number of benzene rings is 3. The summed E-state index contributed by atoms with van der Waals surface area (Å²) in [7, 11) is 0. The third-order valence-electron chi connectivity index (χ3n) is 5.58. The van der Waals surface area contributed by atoms with E-state index in [1.54, 1.807) is 48.5 Å². The zero-order chi connectivity index (χ0) is 26.6. The highest BCUT2D eigenvalue weighted by Gasteiger charge is 2.16. The van der Waals surface area contributed by atoms with Gasteiger partial charge in [0.25, 0.3) is 11.8 Å². The Kier molecular flexibility index (Phi) is 7.76. The maximum atomic E-state index is 12.7. The van der Waals surface area contributed by atoms with E-state index in [0.29, 0.717) is 27.7 Å². The highest BCUT2D eigenvalue weighted by Crippen LogP contribution is 2.25. The van der Waals surface area contributed by atoms with E-state index in [0.717, 1.165) is 11.1 Å². The van der Waals surface area contributed by atoms with Crippen molar-refractivity contribution in [2.24, 2.45) is 0 Å². The molecule has 4 rings (SSSR count). The van der Waals surface area contributed by atoms with Crippen molar-refractivity contribution in [3.05, 3.63) is 107 Å². The van der Waals surface area contributed by atoms with E-state index in [4.69, 9.17) is 28.2 Å². The molecule has 0 radical (unpaired) electrons. The van der Waals surface area contributed by atoms with E-state index in [1.807, 2.05) is 36.4 Å². The second-order valence-electron chi connectivity index (χ2n) is 9.44. The molecule has 0 bridgehead atoms. The summed E-state index contributed by atoms with van der Waals surface area (Å²) in [6.07, 6.45) is 0. The highest BCUT2D eigenvalue weighted by atomic mass is 35.5. The van der Waals surface area contributed by atoms with Gasteiger partial charge in [0.15, 0.2) is 10.9 Å². The third-order valence-corrected chi connectivity index (χ3v) is 6.03. The van der Waals surface area contributed by atoms with Crippen LogP contribution >= 0.6 is 23.8 Å². The smallest absolute Gasteiger partial charge is 0.293 e. The van der Waals surface area contributed by atoms with Gasteiger partial charge in [0.2, 0.25) is 0 Å². The number of carbonyl (C=O) groups is 2. The number of carbonyl (C=O) groups excluding carboxylic acids is 2. The van der Waals surface area contributed by atoms with Gasteiger partial charge in [-0.1, -0.05) is 50.6 Å². The molecule has 4 aromatic rings. The lowest BCUT2D eigenvalue weighted by atomic mass is 9.87. The molecule has 0 spiro atoms. The first-order chi connectivity index (χ1) is 17.6. The number of rotatable bonds is 5. The van der Waals surface area contributed by atoms with Crippen LogP contribution in [0.15, 0.2) is 89.3 Å². The fraction of sp³-hybridized carbons (Fsp3) is 0.138. The van der Waals surface area contributed by atoms with Gasteiger partial charge in [-0.15, -0.1) is 0 Å². The molecule has 0 fully saturated rings. The van der Waals surface area contributed by atoms with Crippen LogP contribution in [0, 0.1) is 0 Å². The van der Waals surface area contributed by atoms with Crippen LogP contribution in [0.4, 0.5) is 11.4 Å². The number of hydrogen-bond donors (Lipinski definition) is 3. The van der Waals surface area contributed by atoms with Crippen molar-refractivity contribution in [2.75, 3.05) is 10.6 Å². The molecule has 1 aromatic heterocycles. The Labute approximate surface area is 226 Å². The summed E-state index contributed by atoms with van der Waals surface area (Å²) in [5.41, 5.74) is 3.72. The van der Waals surface area contributed by atoms with Gasteiger partial charge >= 0.3 is 0 Å². The van der Waals surface area contributed by atoms with Gasteiger partial charge in [-0.25, -0.2) is 0 Å². The first-order valence-electron chi connectivity index (χ1n) is 11.6. The predicted molar refractivity (Wildman–Crippen MR) is 152 cm³/mol. The molecule has 1 heterocycles. The van der Waals surface area contributed by atoms with E-state index in [1.165, 1.54) is 0 Å². The molecule has 2 amide bonds. The lowest BCUT2D eigenvalue weighted by Crippen LogP contribution is -2.33. The molecular formula is C29H26ClN3O3S. The van der Waals surface area contributed by atoms with Crippen LogP contribution in [0.1, 0.15) is 47.2 Å². The fourth-order valence-electron chi connectivity index (χ4n) is 3.56. The predicted octanol–water partition coefficient (Wildman–Crippen LogP) is 7.28. The molecule has 3 N–H and O–H groups in total. The molecule has 0 aliphatic heterocycles. The number of furan rings is 1. The molecule has 0 saturated carbocycles. The number of nitrogens with one attached hydrogen (secondary N) is 3. The molecule has 37 heavy (non-hydrogen) atoms. The van der Waals surface area contributed by atoms with E-state index in [2.05, 4.69) is 36.7 Å². The molecule has 188 valence electrons. The number of halogens is 1. The van der Waals surface area contributed by atoms with Gasteiger partial charge < -0.3 is 15.1 Å². The van der Waals surface area contributed by atoms with Gasteiger partial charge in [0.05, 0.1) is 0 Å². The molecule has 8 heteroatoms. The first kappa shape index (κ1) is 26.1. The van der Waals surface area contributed by atoms with Crippen molar-refractivity contribution in [1.29, 1.82) is 0 Å². The van der Waals surface area contributed by atoms with Crippen LogP contribution in [0.3, 0.4) is 0 Å². The van der Waals surface area contributed by atoms with Crippen LogP contribution in [-0.4, -0.2) is 16.9 Å². The van der Waals surface area contributed by atoms with Crippen molar-refractivity contribution < 1.29 is 14.0 Å². The quantitative estimate of drug-likeness (QED) is 0.236. The van der Waals surface area contributed by atoms with Gasteiger partial charge in [0, 0.05) is 27.5 Å². The second-order valence-corrected chi connectivity index (χ2v) is 10.3. The van der Waals surface area contributed by atoms with E-state index >= 15 is 0 Å². The van der Waals surface area contributed by atoms with Crippen molar-refractivity contribution in [2.45, 2.75) is 26.2 Å². The van der Waals surface area contributed by atoms with Crippen LogP contribution < -0.4 is 16.0 Å². The van der Waals surface area contributed by atoms with E-state index in [-0.39, 0.29) is 22.2 Å². The SMILES string of the molecule is CC(C)(C)c1ccc(C(=O)Nc2cccc(NC(=S)NC(=O)c3ccc(-c4ccc(Cl)cc4)o3)c2)cc1. The Bertz CT molecular complexity index is 1440. The maximum Gasteiger partial charge on any atom is 0.293 e. The third kappa shape index (κ3) is 6.84. The van der Waals surface area contributed by atoms with Crippen molar-refractivity contribution in [3.63, 3.8) is 0 Å². The van der Waals surface area contributed by atoms with Crippen LogP contribution in [0.2, 0.25) is 5.02 Å². The summed E-state index contributed by atoms with van der Waals surface area (Å²) in [5.74, 6) is -0.0477. The zero-order valence-electron chi connectivity index (χ0n) is 20.6. The summed E-state index contributed by atoms with van der Waals surface area (Å²) >= 11 is 11.2. The monoisotopic (exact) mass is 531 g/mol. The van der Waals surface area contributed by atoms with Crippen LogP contribution in [-0.2, 0) is 5.41 Å². The van der Waals surface area contributed by atoms with Crippen molar-refractivity contribution >= 4 is 52.1 Å². The molecule has 0 saturated heterocycles. The minimum absolute atomic E-state index is 0.0127. The van der Waals surface area contributed by atoms with Crippen molar-refractivity contribution in [3.8, 4) is 11.3 Å².